The number of nitrogens with one attached hydrogen (secondary N) is 2. The van der Waals surface area contributed by atoms with Gasteiger partial charge >= 0.3 is 5.97 Å². The number of hydrogen-bond donors (Lipinski definition) is 3. The van der Waals surface area contributed by atoms with Gasteiger partial charge in [0.25, 0.3) is 10.2 Å². The first-order valence-corrected chi connectivity index (χ1v) is 5.80. The van der Waals surface area contributed by atoms with Gasteiger partial charge in [-0.25, -0.2) is 4.72 Å². The third kappa shape index (κ3) is 7.96. The molecule has 0 aliphatic heterocycles. The van der Waals surface area contributed by atoms with E-state index in [1.807, 2.05) is 0 Å². The number of carboxylic acids is 1. The van der Waals surface area contributed by atoms with Gasteiger partial charge in [0, 0.05) is 19.0 Å². The molecule has 0 aliphatic carbocycles. The highest BCUT2D eigenvalue weighted by molar-refractivity contribution is 7.87. The average Bonchev–Trinajstić information content (AvgIpc) is 1.95. The minimum absolute atomic E-state index is 0.0375. The number of hydrogen-bond acceptors (Lipinski definition) is 3. The molecule has 84 valence electrons. The zero-order chi connectivity index (χ0) is 11.2. The fraction of sp³-hybridized carbons (Fsp3) is 0.857. The van der Waals surface area contributed by atoms with Crippen molar-refractivity contribution in [2.24, 2.45) is 0 Å². The topological polar surface area (TPSA) is 95.5 Å². The first-order chi connectivity index (χ1) is 6.33. The van der Waals surface area contributed by atoms with E-state index in [4.69, 9.17) is 5.11 Å². The van der Waals surface area contributed by atoms with E-state index in [1.54, 1.807) is 13.8 Å². The summed E-state index contributed by atoms with van der Waals surface area (Å²) >= 11 is 0. The summed E-state index contributed by atoms with van der Waals surface area (Å²) in [6, 6.07) is -0.174. The highest BCUT2D eigenvalue weighted by atomic mass is 32.2. The summed E-state index contributed by atoms with van der Waals surface area (Å²) in [4.78, 5) is 10.1. The molecule has 0 rings (SSSR count). The molecule has 0 fully saturated rings. The third-order valence-corrected chi connectivity index (χ3v) is 2.62. The van der Waals surface area contributed by atoms with E-state index in [0.717, 1.165) is 0 Å². The molecule has 0 unspecified atom stereocenters. The normalized spacial score (nSPS) is 11.9. The Kier molecular flexibility index (Phi) is 5.66. The van der Waals surface area contributed by atoms with Crippen LogP contribution < -0.4 is 9.44 Å². The van der Waals surface area contributed by atoms with Gasteiger partial charge < -0.3 is 5.11 Å². The Morgan fingerprint density at radius 3 is 2.43 bits per heavy atom. The predicted octanol–water partition coefficient (Wildman–Crippen LogP) is -0.316. The minimum atomic E-state index is -3.47. The Balaban J connectivity index is 3.72. The molecule has 0 saturated heterocycles. The quantitative estimate of drug-likeness (QED) is 0.517. The maximum absolute atomic E-state index is 11.1. The van der Waals surface area contributed by atoms with Crippen molar-refractivity contribution in [3.8, 4) is 0 Å². The van der Waals surface area contributed by atoms with Crippen LogP contribution in [0.15, 0.2) is 0 Å². The standard InChI is InChI=1S/C7H16N2O4S/c1-6(2)9-14(12,13)8-5-3-4-7(10)11/h6,8-9H,3-5H2,1-2H3,(H,10,11). The maximum Gasteiger partial charge on any atom is 0.303 e. The van der Waals surface area contributed by atoms with E-state index in [2.05, 4.69) is 9.44 Å². The number of rotatable bonds is 7. The van der Waals surface area contributed by atoms with E-state index < -0.39 is 16.2 Å². The Labute approximate surface area is 83.9 Å². The molecule has 7 heteroatoms. The largest absolute Gasteiger partial charge is 0.481 e. The van der Waals surface area contributed by atoms with Crippen LogP contribution in [0.5, 0.6) is 0 Å². The molecule has 0 heterocycles. The second-order valence-corrected chi connectivity index (χ2v) is 4.70. The summed E-state index contributed by atoms with van der Waals surface area (Å²) in [5, 5.41) is 8.30. The SMILES string of the molecule is CC(C)NS(=O)(=O)NCCCC(=O)O. The van der Waals surface area contributed by atoms with E-state index in [9.17, 15) is 13.2 Å². The van der Waals surface area contributed by atoms with Crippen molar-refractivity contribution in [3.63, 3.8) is 0 Å². The van der Waals surface area contributed by atoms with Crippen LogP contribution in [0.2, 0.25) is 0 Å². The molecule has 3 N–H and O–H groups in total. The zero-order valence-electron chi connectivity index (χ0n) is 8.28. The summed E-state index contributed by atoms with van der Waals surface area (Å²) in [5.41, 5.74) is 0. The van der Waals surface area contributed by atoms with Gasteiger partial charge in [0.1, 0.15) is 0 Å². The average molecular weight is 224 g/mol. The van der Waals surface area contributed by atoms with Gasteiger partial charge in [-0.1, -0.05) is 0 Å². The van der Waals surface area contributed by atoms with Gasteiger partial charge in [0.15, 0.2) is 0 Å². The van der Waals surface area contributed by atoms with Crippen LogP contribution in [0.3, 0.4) is 0 Å². The molecule has 0 aliphatic rings. The van der Waals surface area contributed by atoms with Gasteiger partial charge in [-0.15, -0.1) is 0 Å². The van der Waals surface area contributed by atoms with Crippen LogP contribution in [0.1, 0.15) is 26.7 Å². The lowest BCUT2D eigenvalue weighted by molar-refractivity contribution is -0.137. The summed E-state index contributed by atoms with van der Waals surface area (Å²) in [5.74, 6) is -0.930. The van der Waals surface area contributed by atoms with E-state index in [-0.39, 0.29) is 25.4 Å². The van der Waals surface area contributed by atoms with Crippen LogP contribution in [0.25, 0.3) is 0 Å². The molecular formula is C7H16N2O4S. The first-order valence-electron chi connectivity index (χ1n) is 4.32. The Morgan fingerprint density at radius 1 is 1.43 bits per heavy atom. The molecule has 0 atom stereocenters. The van der Waals surface area contributed by atoms with Crippen molar-refractivity contribution in [1.29, 1.82) is 0 Å². The highest BCUT2D eigenvalue weighted by Gasteiger charge is 2.09. The molecule has 0 aromatic heterocycles. The van der Waals surface area contributed by atoms with Crippen molar-refractivity contribution in [2.75, 3.05) is 6.54 Å². The smallest absolute Gasteiger partial charge is 0.303 e. The Bertz CT molecular complexity index is 273. The lowest BCUT2D eigenvalue weighted by atomic mass is 10.3. The summed E-state index contributed by atoms with van der Waals surface area (Å²) in [7, 11) is -3.47. The van der Waals surface area contributed by atoms with Gasteiger partial charge in [-0.2, -0.15) is 13.1 Å². The molecule has 0 amide bonds. The zero-order valence-corrected chi connectivity index (χ0v) is 9.10. The minimum Gasteiger partial charge on any atom is -0.481 e. The van der Waals surface area contributed by atoms with E-state index in [0.29, 0.717) is 0 Å². The van der Waals surface area contributed by atoms with Gasteiger partial charge in [-0.3, -0.25) is 4.79 Å². The van der Waals surface area contributed by atoms with E-state index in [1.165, 1.54) is 0 Å². The second-order valence-electron chi connectivity index (χ2n) is 3.17. The molecule has 0 aromatic rings. The van der Waals surface area contributed by atoms with Gasteiger partial charge in [0.05, 0.1) is 0 Å². The van der Waals surface area contributed by atoms with Crippen molar-refractivity contribution in [2.45, 2.75) is 32.7 Å². The summed E-state index contributed by atoms with van der Waals surface area (Å²) in [6.45, 7) is 3.54. The van der Waals surface area contributed by atoms with Gasteiger partial charge in [0.2, 0.25) is 0 Å². The molecule has 0 bridgehead atoms. The van der Waals surface area contributed by atoms with Gasteiger partial charge in [-0.05, 0) is 20.3 Å². The van der Waals surface area contributed by atoms with Crippen LogP contribution in [0, 0.1) is 0 Å². The molecule has 0 saturated carbocycles. The molecule has 0 radical (unpaired) electrons. The van der Waals surface area contributed by atoms with E-state index >= 15 is 0 Å². The second kappa shape index (κ2) is 5.94. The highest BCUT2D eigenvalue weighted by Crippen LogP contribution is 1.88. The molecule has 14 heavy (non-hydrogen) atoms. The monoisotopic (exact) mass is 224 g/mol. The number of carbonyl (C=O) groups is 1. The molecule has 0 spiro atoms. The van der Waals surface area contributed by atoms with Crippen LogP contribution in [-0.4, -0.2) is 32.1 Å². The Hall–Kier alpha value is -0.660. The lowest BCUT2D eigenvalue weighted by Gasteiger charge is -2.09. The van der Waals surface area contributed by atoms with Crippen molar-refractivity contribution in [1.82, 2.24) is 9.44 Å². The molecule has 6 nitrogen and oxygen atoms in total. The summed E-state index contributed by atoms with van der Waals surface area (Å²) < 4.78 is 26.8. The lowest BCUT2D eigenvalue weighted by Crippen LogP contribution is -2.40. The fourth-order valence-corrected chi connectivity index (χ4v) is 1.92. The Morgan fingerprint density at radius 2 is 2.00 bits per heavy atom. The third-order valence-electron chi connectivity index (χ3n) is 1.25. The first kappa shape index (κ1) is 13.3. The number of carboxylic acid groups (broad SMARTS) is 1. The molecular weight excluding hydrogens is 208 g/mol. The molecule has 0 aromatic carbocycles. The van der Waals surface area contributed by atoms with Crippen molar-refractivity contribution in [3.05, 3.63) is 0 Å². The predicted molar refractivity (Wildman–Crippen MR) is 52.1 cm³/mol. The summed E-state index contributed by atoms with van der Waals surface area (Å²) in [6.07, 6.45) is 0.249. The van der Waals surface area contributed by atoms with Crippen molar-refractivity contribution >= 4 is 16.2 Å². The van der Waals surface area contributed by atoms with Crippen LogP contribution in [0.4, 0.5) is 0 Å². The van der Waals surface area contributed by atoms with Crippen LogP contribution in [-0.2, 0) is 15.0 Å². The maximum atomic E-state index is 11.1. The van der Waals surface area contributed by atoms with Crippen molar-refractivity contribution < 1.29 is 18.3 Å². The fourth-order valence-electron chi connectivity index (χ4n) is 0.798. The van der Waals surface area contributed by atoms with Crippen LogP contribution >= 0.6 is 0 Å². The number of aliphatic carboxylic acids is 1.